The summed E-state index contributed by atoms with van der Waals surface area (Å²) in [7, 11) is 0. The molecule has 2 aromatic rings. The van der Waals surface area contributed by atoms with E-state index < -0.39 is 30.1 Å². The molecule has 1 amide bonds. The number of oxime groups is 1. The lowest BCUT2D eigenvalue weighted by molar-refractivity contribution is -0.154. The molecule has 0 spiro atoms. The Bertz CT molecular complexity index is 1050. The minimum atomic E-state index is -4.52. The molecule has 2 aromatic carbocycles. The van der Waals surface area contributed by atoms with Crippen molar-refractivity contribution in [2.45, 2.75) is 50.4 Å². The van der Waals surface area contributed by atoms with Crippen molar-refractivity contribution in [3.8, 4) is 0 Å². The molecule has 1 N–H and O–H groups in total. The summed E-state index contributed by atoms with van der Waals surface area (Å²) in [4.78, 5) is 17.4. The van der Waals surface area contributed by atoms with Crippen LogP contribution in [0.5, 0.6) is 0 Å². The number of amides is 1. The minimum Gasteiger partial charge on any atom is -0.384 e. The lowest BCUT2D eigenvalue weighted by Crippen LogP contribution is -2.31. The molecule has 0 bridgehead atoms. The monoisotopic (exact) mass is 470 g/mol. The van der Waals surface area contributed by atoms with Gasteiger partial charge in [-0.3, -0.25) is 4.79 Å². The summed E-state index contributed by atoms with van der Waals surface area (Å²) in [6, 6.07) is 10.5. The third kappa shape index (κ3) is 4.83. The number of carbonyl (C=O) groups is 1. The Morgan fingerprint density at radius 3 is 2.61 bits per heavy atom. The molecule has 4 nitrogen and oxygen atoms in total. The fraction of sp³-hybridized carbons (Fsp3) is 0.364. The smallest absolute Gasteiger partial charge is 0.384 e. The van der Waals surface area contributed by atoms with E-state index in [1.165, 1.54) is 0 Å². The molecule has 0 saturated carbocycles. The predicted octanol–water partition coefficient (Wildman–Crippen LogP) is 6.09. The number of aryl methyl sites for hydroxylation is 1. The van der Waals surface area contributed by atoms with E-state index in [1.807, 2.05) is 25.1 Å². The zero-order valence-corrected chi connectivity index (χ0v) is 18.0. The molecule has 1 heterocycles. The summed E-state index contributed by atoms with van der Waals surface area (Å²) >= 11 is 12.2. The van der Waals surface area contributed by atoms with Crippen molar-refractivity contribution in [3.63, 3.8) is 0 Å². The van der Waals surface area contributed by atoms with Crippen LogP contribution >= 0.6 is 23.2 Å². The van der Waals surface area contributed by atoms with Gasteiger partial charge >= 0.3 is 6.18 Å². The molecule has 4 rings (SSSR count). The Hall–Kier alpha value is -2.25. The van der Waals surface area contributed by atoms with Gasteiger partial charge in [-0.25, -0.2) is 0 Å². The van der Waals surface area contributed by atoms with Crippen LogP contribution in [0.15, 0.2) is 41.6 Å². The highest BCUT2D eigenvalue weighted by molar-refractivity contribution is 6.34. The molecule has 2 atom stereocenters. The molecule has 0 fully saturated rings. The van der Waals surface area contributed by atoms with Crippen molar-refractivity contribution in [3.05, 3.63) is 68.7 Å². The maximum absolute atomic E-state index is 12.4. The van der Waals surface area contributed by atoms with Crippen LogP contribution in [0.1, 0.15) is 54.5 Å². The predicted molar refractivity (Wildman–Crippen MR) is 112 cm³/mol. The van der Waals surface area contributed by atoms with Crippen LogP contribution in [-0.4, -0.2) is 17.8 Å². The summed E-state index contributed by atoms with van der Waals surface area (Å²) in [5.74, 6) is -1.01. The first-order valence-corrected chi connectivity index (χ1v) is 10.5. The highest BCUT2D eigenvalue weighted by Crippen LogP contribution is 2.39. The van der Waals surface area contributed by atoms with Gasteiger partial charge in [-0.15, -0.1) is 0 Å². The van der Waals surface area contributed by atoms with Crippen molar-refractivity contribution in [1.82, 2.24) is 5.32 Å². The Morgan fingerprint density at radius 2 is 1.94 bits per heavy atom. The van der Waals surface area contributed by atoms with Crippen molar-refractivity contribution >= 4 is 34.8 Å². The van der Waals surface area contributed by atoms with Gasteiger partial charge in [-0.2, -0.15) is 13.2 Å². The molecule has 164 valence electrons. The second kappa shape index (κ2) is 8.02. The van der Waals surface area contributed by atoms with Crippen LogP contribution in [0.25, 0.3) is 0 Å². The molecule has 1 aliphatic carbocycles. The topological polar surface area (TPSA) is 50.7 Å². The van der Waals surface area contributed by atoms with Gasteiger partial charge in [0.15, 0.2) is 5.60 Å². The third-order valence-electron chi connectivity index (χ3n) is 5.59. The van der Waals surface area contributed by atoms with E-state index in [0.29, 0.717) is 29.3 Å². The quantitative estimate of drug-likeness (QED) is 0.587. The molecular weight excluding hydrogens is 452 g/mol. The number of hydrogen-bond acceptors (Lipinski definition) is 3. The van der Waals surface area contributed by atoms with Crippen molar-refractivity contribution in [2.75, 3.05) is 0 Å². The summed E-state index contributed by atoms with van der Waals surface area (Å²) in [5.41, 5.74) is 3.55. The Balaban J connectivity index is 1.48. The molecule has 0 radical (unpaired) electrons. The number of nitrogens with zero attached hydrogens (tertiary/aromatic N) is 1. The van der Waals surface area contributed by atoms with Gasteiger partial charge in [0.05, 0.1) is 11.8 Å². The number of nitrogens with one attached hydrogen (secondary N) is 1. The average Bonchev–Trinajstić information content (AvgIpc) is 3.24. The number of fused-ring (bicyclic) bond motifs is 1. The second-order valence-electron chi connectivity index (χ2n) is 8.06. The van der Waals surface area contributed by atoms with Crippen LogP contribution in [0.4, 0.5) is 13.2 Å². The van der Waals surface area contributed by atoms with Crippen LogP contribution in [0.3, 0.4) is 0 Å². The number of hydrogen-bond donors (Lipinski definition) is 1. The minimum absolute atomic E-state index is 0.417. The lowest BCUT2D eigenvalue weighted by Gasteiger charge is -2.22. The highest BCUT2D eigenvalue weighted by atomic mass is 35.5. The molecular formula is C22H19Cl2F3N2O2. The SMILES string of the molecule is CC1(c2cc(Cl)cc(Cl)c2)CC(c2ccc3c(c2)CCC3NC(=O)CC(F)(F)F)=NO1. The number of rotatable bonds is 4. The van der Waals surface area contributed by atoms with Crippen molar-refractivity contribution < 1.29 is 22.8 Å². The largest absolute Gasteiger partial charge is 0.397 e. The van der Waals surface area contributed by atoms with Gasteiger partial charge in [-0.05, 0) is 60.7 Å². The number of benzene rings is 2. The fourth-order valence-corrected chi connectivity index (χ4v) is 4.61. The summed E-state index contributed by atoms with van der Waals surface area (Å²) < 4.78 is 37.3. The lowest BCUT2D eigenvalue weighted by atomic mass is 9.88. The second-order valence-corrected chi connectivity index (χ2v) is 8.93. The van der Waals surface area contributed by atoms with Gasteiger partial charge in [0.25, 0.3) is 0 Å². The Labute approximate surface area is 187 Å². The molecule has 2 unspecified atom stereocenters. The first-order valence-electron chi connectivity index (χ1n) is 9.73. The first kappa shape index (κ1) is 22.0. The summed E-state index contributed by atoms with van der Waals surface area (Å²) in [6.45, 7) is 1.91. The fourth-order valence-electron chi connectivity index (χ4n) is 4.08. The van der Waals surface area contributed by atoms with Gasteiger partial charge in [-0.1, -0.05) is 40.5 Å². The van der Waals surface area contributed by atoms with E-state index in [1.54, 1.807) is 18.2 Å². The van der Waals surface area contributed by atoms with Gasteiger partial charge < -0.3 is 10.2 Å². The average molecular weight is 471 g/mol. The highest BCUT2D eigenvalue weighted by Gasteiger charge is 2.38. The van der Waals surface area contributed by atoms with E-state index in [2.05, 4.69) is 10.5 Å². The molecule has 0 saturated heterocycles. The maximum atomic E-state index is 12.4. The van der Waals surface area contributed by atoms with Gasteiger partial charge in [0, 0.05) is 22.0 Å². The standard InChI is InChI=1S/C22H19Cl2F3N2O2/c1-21(14-7-15(23)9-16(24)8-14)10-19(29-31-21)13-2-4-17-12(6-13)3-5-18(17)28-20(30)11-22(25,26)27/h2,4,6-9,18H,3,5,10-11H2,1H3,(H,28,30). The summed E-state index contributed by atoms with van der Waals surface area (Å²) in [5, 5.41) is 7.77. The molecule has 0 aromatic heterocycles. The Kier molecular flexibility index (Phi) is 5.68. The van der Waals surface area contributed by atoms with Crippen LogP contribution in [0.2, 0.25) is 10.0 Å². The zero-order chi connectivity index (χ0) is 22.4. The van der Waals surface area contributed by atoms with Gasteiger partial charge in [0.1, 0.15) is 6.42 Å². The number of alkyl halides is 3. The number of halogens is 5. The first-order chi connectivity index (χ1) is 14.5. The molecule has 9 heteroatoms. The Morgan fingerprint density at radius 1 is 1.23 bits per heavy atom. The zero-order valence-electron chi connectivity index (χ0n) is 16.5. The third-order valence-corrected chi connectivity index (χ3v) is 6.02. The molecule has 1 aliphatic heterocycles. The van der Waals surface area contributed by atoms with E-state index >= 15 is 0 Å². The molecule has 31 heavy (non-hydrogen) atoms. The summed E-state index contributed by atoms with van der Waals surface area (Å²) in [6.07, 6.45) is -4.26. The van der Waals surface area contributed by atoms with E-state index in [-0.39, 0.29) is 0 Å². The van der Waals surface area contributed by atoms with Crippen molar-refractivity contribution in [1.29, 1.82) is 0 Å². The van der Waals surface area contributed by atoms with Gasteiger partial charge in [0.2, 0.25) is 5.91 Å². The molecule has 2 aliphatic rings. The normalized spacial score (nSPS) is 22.6. The van der Waals surface area contributed by atoms with Crippen LogP contribution in [0, 0.1) is 0 Å². The van der Waals surface area contributed by atoms with E-state index in [0.717, 1.165) is 28.0 Å². The van der Waals surface area contributed by atoms with E-state index in [4.69, 9.17) is 28.0 Å². The van der Waals surface area contributed by atoms with Crippen LogP contribution < -0.4 is 5.32 Å². The van der Waals surface area contributed by atoms with Crippen molar-refractivity contribution in [2.24, 2.45) is 5.16 Å². The number of carbonyl (C=O) groups excluding carboxylic acids is 1. The van der Waals surface area contributed by atoms with E-state index in [9.17, 15) is 18.0 Å². The van der Waals surface area contributed by atoms with Crippen LogP contribution in [-0.2, 0) is 21.7 Å². The maximum Gasteiger partial charge on any atom is 0.397 e.